The summed E-state index contributed by atoms with van der Waals surface area (Å²) in [6, 6.07) is 23.0. The minimum absolute atomic E-state index is 0.198. The van der Waals surface area contributed by atoms with E-state index in [2.05, 4.69) is 20.5 Å². The summed E-state index contributed by atoms with van der Waals surface area (Å²) < 4.78 is 9.88. The van der Waals surface area contributed by atoms with Gasteiger partial charge in [0.15, 0.2) is 0 Å². The van der Waals surface area contributed by atoms with E-state index >= 15 is 0 Å². The first-order valence-corrected chi connectivity index (χ1v) is 13.0. The van der Waals surface area contributed by atoms with Gasteiger partial charge >= 0.3 is 0 Å². The smallest absolute Gasteiger partial charge is 0.273 e. The van der Waals surface area contributed by atoms with Crippen LogP contribution in [0.3, 0.4) is 0 Å². The van der Waals surface area contributed by atoms with E-state index < -0.39 is 0 Å². The molecule has 0 bridgehead atoms. The van der Waals surface area contributed by atoms with Crippen molar-refractivity contribution in [2.45, 2.75) is 25.8 Å². The number of aryl methyl sites for hydroxylation is 2. The van der Waals surface area contributed by atoms with Crippen LogP contribution in [0.5, 0.6) is 5.75 Å². The molecule has 5 nitrogen and oxygen atoms in total. The number of benzene rings is 3. The largest absolute Gasteiger partial charge is 0.495 e. The number of hydrogen-bond acceptors (Lipinski definition) is 2. The maximum absolute atomic E-state index is 14.1. The standard InChI is InChI=1S/C30H25Cl2N3O2/c1-37-26-8-3-2-7-24(26)33-29(36)28-27(20-11-15-22(32)16-12-20)23-6-4-5-17-34-25(18-35(28)30(23)34)19-9-13-21(31)14-10-19/h2-3,7-16,18H,4-6,17H2,1H3,(H,33,36). The van der Waals surface area contributed by atoms with Crippen LogP contribution in [0.2, 0.25) is 10.0 Å². The monoisotopic (exact) mass is 529 g/mol. The van der Waals surface area contributed by atoms with E-state index in [4.69, 9.17) is 27.9 Å². The lowest BCUT2D eigenvalue weighted by molar-refractivity contribution is 0.102. The van der Waals surface area contributed by atoms with Crippen LogP contribution in [0.4, 0.5) is 5.69 Å². The lowest BCUT2D eigenvalue weighted by Gasteiger charge is -2.12. The Bertz CT molecular complexity index is 1620. The Labute approximate surface area is 225 Å². The molecule has 3 heterocycles. The van der Waals surface area contributed by atoms with Gasteiger partial charge in [0.1, 0.15) is 17.1 Å². The van der Waals surface area contributed by atoms with Gasteiger partial charge in [-0.15, -0.1) is 0 Å². The van der Waals surface area contributed by atoms with E-state index in [1.807, 2.05) is 72.8 Å². The minimum atomic E-state index is -0.198. The molecule has 3 aromatic carbocycles. The predicted octanol–water partition coefficient (Wildman–Crippen LogP) is 7.98. The molecular formula is C30H25Cl2N3O2. The summed E-state index contributed by atoms with van der Waals surface area (Å²) in [4.78, 5) is 14.1. The Morgan fingerprint density at radius 2 is 1.57 bits per heavy atom. The van der Waals surface area contributed by atoms with Crippen LogP contribution in [0.25, 0.3) is 28.0 Å². The molecule has 2 aromatic heterocycles. The zero-order valence-electron chi connectivity index (χ0n) is 20.3. The molecular weight excluding hydrogens is 505 g/mol. The number of methoxy groups -OCH3 is 1. The van der Waals surface area contributed by atoms with Gasteiger partial charge in [0.2, 0.25) is 0 Å². The number of anilines is 1. The average Bonchev–Trinajstić information content (AvgIpc) is 3.33. The first-order valence-electron chi connectivity index (χ1n) is 12.3. The molecule has 0 saturated heterocycles. The number of nitrogens with one attached hydrogen (secondary N) is 1. The summed E-state index contributed by atoms with van der Waals surface area (Å²) in [7, 11) is 1.60. The van der Waals surface area contributed by atoms with Crippen LogP contribution in [0, 0.1) is 0 Å². The molecule has 0 atom stereocenters. The predicted molar refractivity (Wildman–Crippen MR) is 150 cm³/mol. The van der Waals surface area contributed by atoms with Gasteiger partial charge in [-0.3, -0.25) is 9.20 Å². The number of ether oxygens (including phenoxy) is 1. The first kappa shape index (κ1) is 23.7. The van der Waals surface area contributed by atoms with Crippen LogP contribution < -0.4 is 10.1 Å². The van der Waals surface area contributed by atoms with Gasteiger partial charge in [-0.2, -0.15) is 0 Å². The SMILES string of the molecule is COc1ccccc1NC(=O)c1c(-c2ccc(Cl)cc2)c2c3n(c(-c4ccc(Cl)cc4)cn13)CCCC2. The molecule has 5 aromatic rings. The molecule has 0 saturated carbocycles. The molecule has 0 aliphatic carbocycles. The number of halogens is 2. The van der Waals surface area contributed by atoms with Crippen LogP contribution in [-0.2, 0) is 13.0 Å². The Hall–Kier alpha value is -3.67. The summed E-state index contributed by atoms with van der Waals surface area (Å²) in [6.07, 6.45) is 5.05. The number of rotatable bonds is 5. The molecule has 1 N–H and O–H groups in total. The van der Waals surface area contributed by atoms with E-state index in [0.29, 0.717) is 27.2 Å². The number of carbonyl (C=O) groups excluding carboxylic acids is 1. The second-order valence-corrected chi connectivity index (χ2v) is 10.1. The van der Waals surface area contributed by atoms with E-state index in [1.165, 1.54) is 5.56 Å². The molecule has 0 spiro atoms. The van der Waals surface area contributed by atoms with Gasteiger partial charge in [-0.05, 0) is 66.8 Å². The topological polar surface area (TPSA) is 47.7 Å². The first-order chi connectivity index (χ1) is 18.0. The summed E-state index contributed by atoms with van der Waals surface area (Å²) in [5.74, 6) is 0.411. The summed E-state index contributed by atoms with van der Waals surface area (Å²) >= 11 is 12.4. The fourth-order valence-corrected chi connectivity index (χ4v) is 5.57. The van der Waals surface area contributed by atoms with Crippen LogP contribution in [0.15, 0.2) is 79.0 Å². The van der Waals surface area contributed by atoms with Gasteiger partial charge in [-0.25, -0.2) is 0 Å². The molecule has 0 radical (unpaired) electrons. The molecule has 1 aliphatic heterocycles. The highest BCUT2D eigenvalue weighted by atomic mass is 35.5. The number of nitrogens with zero attached hydrogens (tertiary/aromatic N) is 2. The van der Waals surface area contributed by atoms with Gasteiger partial charge < -0.3 is 14.6 Å². The number of hydrogen-bond donors (Lipinski definition) is 1. The molecule has 1 aliphatic rings. The van der Waals surface area contributed by atoms with Crippen molar-refractivity contribution in [2.24, 2.45) is 0 Å². The number of aromatic nitrogens is 2. The quantitative estimate of drug-likeness (QED) is 0.251. The molecule has 1 amide bonds. The van der Waals surface area contributed by atoms with E-state index in [1.54, 1.807) is 7.11 Å². The van der Waals surface area contributed by atoms with Crippen molar-refractivity contribution < 1.29 is 9.53 Å². The maximum Gasteiger partial charge on any atom is 0.273 e. The van der Waals surface area contributed by atoms with Crippen molar-refractivity contribution in [3.8, 4) is 28.1 Å². The normalized spacial score (nSPS) is 12.9. The maximum atomic E-state index is 14.1. The molecule has 6 rings (SSSR count). The van der Waals surface area contributed by atoms with Crippen LogP contribution in [0.1, 0.15) is 28.9 Å². The molecule has 0 fully saturated rings. The third-order valence-corrected chi connectivity index (χ3v) is 7.48. The fraction of sp³-hybridized carbons (Fsp3) is 0.167. The Morgan fingerprint density at radius 1 is 0.892 bits per heavy atom. The van der Waals surface area contributed by atoms with Gasteiger partial charge in [0.05, 0.1) is 18.5 Å². The zero-order chi connectivity index (χ0) is 25.5. The van der Waals surface area contributed by atoms with E-state index in [0.717, 1.165) is 53.8 Å². The van der Waals surface area contributed by atoms with Gasteiger partial charge in [0, 0.05) is 33.9 Å². The average molecular weight is 530 g/mol. The third-order valence-electron chi connectivity index (χ3n) is 6.98. The van der Waals surface area contributed by atoms with Crippen molar-refractivity contribution in [3.05, 3.63) is 100 Å². The van der Waals surface area contributed by atoms with E-state index in [-0.39, 0.29) is 5.91 Å². The van der Waals surface area contributed by atoms with Crippen molar-refractivity contribution in [2.75, 3.05) is 12.4 Å². The highest BCUT2D eigenvalue weighted by Crippen LogP contribution is 2.40. The van der Waals surface area contributed by atoms with Gasteiger partial charge in [0.25, 0.3) is 5.91 Å². The Balaban J connectivity index is 1.60. The van der Waals surface area contributed by atoms with Crippen molar-refractivity contribution >= 4 is 40.4 Å². The highest BCUT2D eigenvalue weighted by molar-refractivity contribution is 6.31. The van der Waals surface area contributed by atoms with Crippen LogP contribution >= 0.6 is 23.2 Å². The van der Waals surface area contributed by atoms with Gasteiger partial charge in [-0.1, -0.05) is 59.6 Å². The highest BCUT2D eigenvalue weighted by Gasteiger charge is 2.30. The summed E-state index contributed by atoms with van der Waals surface area (Å²) in [6.45, 7) is 0.874. The van der Waals surface area contributed by atoms with Crippen molar-refractivity contribution in [1.29, 1.82) is 0 Å². The molecule has 0 unspecified atom stereocenters. The Kier molecular flexibility index (Phi) is 6.19. The number of imidazole rings is 1. The number of carbonyl (C=O) groups is 1. The summed E-state index contributed by atoms with van der Waals surface area (Å²) in [5, 5.41) is 4.46. The summed E-state index contributed by atoms with van der Waals surface area (Å²) in [5.41, 5.74) is 7.47. The van der Waals surface area contributed by atoms with E-state index in [9.17, 15) is 4.79 Å². The zero-order valence-corrected chi connectivity index (χ0v) is 21.8. The number of amides is 1. The second kappa shape index (κ2) is 9.66. The minimum Gasteiger partial charge on any atom is -0.495 e. The van der Waals surface area contributed by atoms with Crippen molar-refractivity contribution in [3.63, 3.8) is 0 Å². The second-order valence-electron chi connectivity index (χ2n) is 9.19. The Morgan fingerprint density at radius 3 is 2.27 bits per heavy atom. The molecule has 186 valence electrons. The van der Waals surface area contributed by atoms with Crippen LogP contribution in [-0.4, -0.2) is 22.0 Å². The lowest BCUT2D eigenvalue weighted by Crippen LogP contribution is -2.16. The molecule has 37 heavy (non-hydrogen) atoms. The number of para-hydroxylation sites is 2. The lowest BCUT2D eigenvalue weighted by atomic mass is 9.97. The molecule has 7 heteroatoms. The fourth-order valence-electron chi connectivity index (χ4n) is 5.32. The van der Waals surface area contributed by atoms with Crippen molar-refractivity contribution in [1.82, 2.24) is 8.97 Å². The third kappa shape index (κ3) is 4.18.